The van der Waals surface area contributed by atoms with Crippen LogP contribution < -0.4 is 5.32 Å². The van der Waals surface area contributed by atoms with Gasteiger partial charge in [-0.2, -0.15) is 0 Å². The van der Waals surface area contributed by atoms with Gasteiger partial charge in [-0.1, -0.05) is 23.7 Å². The van der Waals surface area contributed by atoms with Gasteiger partial charge in [-0.05, 0) is 42.8 Å². The van der Waals surface area contributed by atoms with Crippen LogP contribution in [-0.4, -0.2) is 30.8 Å². The molecular formula is C21H20ClNO4S. The van der Waals surface area contributed by atoms with Crippen molar-refractivity contribution in [1.82, 2.24) is 5.32 Å². The van der Waals surface area contributed by atoms with E-state index in [1.165, 1.54) is 0 Å². The van der Waals surface area contributed by atoms with Gasteiger partial charge in [0.15, 0.2) is 6.61 Å². The number of hydrogen-bond acceptors (Lipinski definition) is 5. The van der Waals surface area contributed by atoms with Gasteiger partial charge in [-0.15, -0.1) is 11.8 Å². The van der Waals surface area contributed by atoms with Crippen molar-refractivity contribution in [2.45, 2.75) is 18.2 Å². The minimum absolute atomic E-state index is 0.0652. The van der Waals surface area contributed by atoms with Crippen LogP contribution in [0.1, 0.15) is 11.1 Å². The first kappa shape index (κ1) is 20.3. The molecule has 3 rings (SSSR count). The lowest BCUT2D eigenvalue weighted by atomic mass is 10.1. The van der Waals surface area contributed by atoms with Crippen molar-refractivity contribution in [2.75, 3.05) is 18.9 Å². The molecule has 0 unspecified atom stereocenters. The standard InChI is InChI=1S/C21H20ClNO4S/c1-14-2-7-18-15(12-26-19(18)10-14)11-21(25)27-13-20(24)23-8-9-28-17-5-3-16(22)4-6-17/h2-7,10,12H,8-9,11,13H2,1H3,(H,23,24). The number of benzene rings is 2. The molecular weight excluding hydrogens is 398 g/mol. The Morgan fingerprint density at radius 3 is 2.75 bits per heavy atom. The summed E-state index contributed by atoms with van der Waals surface area (Å²) >= 11 is 7.45. The zero-order valence-corrected chi connectivity index (χ0v) is 16.9. The van der Waals surface area contributed by atoms with E-state index in [4.69, 9.17) is 20.8 Å². The summed E-state index contributed by atoms with van der Waals surface area (Å²) in [6.45, 7) is 2.16. The lowest BCUT2D eigenvalue weighted by Crippen LogP contribution is -2.30. The number of carbonyl (C=O) groups is 2. The van der Waals surface area contributed by atoms with E-state index < -0.39 is 5.97 Å². The SMILES string of the molecule is Cc1ccc2c(CC(=O)OCC(=O)NCCSc3ccc(Cl)cc3)coc2c1. The molecule has 0 spiro atoms. The van der Waals surface area contributed by atoms with Gasteiger partial charge in [0, 0.05) is 33.2 Å². The van der Waals surface area contributed by atoms with E-state index >= 15 is 0 Å². The van der Waals surface area contributed by atoms with Crippen LogP contribution in [0.4, 0.5) is 0 Å². The summed E-state index contributed by atoms with van der Waals surface area (Å²) in [6.07, 6.45) is 1.62. The number of nitrogens with one attached hydrogen (secondary N) is 1. The smallest absolute Gasteiger partial charge is 0.310 e. The molecule has 2 aromatic carbocycles. The Bertz CT molecular complexity index is 968. The molecule has 0 radical (unpaired) electrons. The number of fused-ring (bicyclic) bond motifs is 1. The Kier molecular flexibility index (Phi) is 7.01. The van der Waals surface area contributed by atoms with Crippen LogP contribution in [0.15, 0.2) is 58.0 Å². The van der Waals surface area contributed by atoms with E-state index in [1.54, 1.807) is 18.0 Å². The summed E-state index contributed by atoms with van der Waals surface area (Å²) in [4.78, 5) is 24.9. The fourth-order valence-electron chi connectivity index (χ4n) is 2.62. The molecule has 0 aliphatic rings. The maximum absolute atomic E-state index is 12.0. The lowest BCUT2D eigenvalue weighted by Gasteiger charge is -2.06. The van der Waals surface area contributed by atoms with Gasteiger partial charge in [0.05, 0.1) is 12.7 Å². The minimum atomic E-state index is -0.464. The van der Waals surface area contributed by atoms with Gasteiger partial charge in [-0.3, -0.25) is 9.59 Å². The van der Waals surface area contributed by atoms with Gasteiger partial charge in [0.25, 0.3) is 5.91 Å². The molecule has 0 atom stereocenters. The molecule has 1 heterocycles. The normalized spacial score (nSPS) is 10.8. The van der Waals surface area contributed by atoms with Gasteiger partial charge >= 0.3 is 5.97 Å². The first-order chi connectivity index (χ1) is 13.5. The zero-order valence-electron chi connectivity index (χ0n) is 15.4. The van der Waals surface area contributed by atoms with E-state index in [0.717, 1.165) is 27.0 Å². The molecule has 1 N–H and O–H groups in total. The van der Waals surface area contributed by atoms with Crippen LogP contribution in [0.2, 0.25) is 5.02 Å². The van der Waals surface area contributed by atoms with Crippen molar-refractivity contribution in [2.24, 2.45) is 0 Å². The first-order valence-corrected chi connectivity index (χ1v) is 10.1. The van der Waals surface area contributed by atoms with Crippen LogP contribution in [0, 0.1) is 6.92 Å². The number of amides is 1. The Labute approximate surface area is 172 Å². The number of hydrogen-bond donors (Lipinski definition) is 1. The van der Waals surface area contributed by atoms with Crippen LogP contribution >= 0.6 is 23.4 Å². The van der Waals surface area contributed by atoms with E-state index in [0.29, 0.717) is 17.3 Å². The number of rotatable bonds is 8. The Hall–Kier alpha value is -2.44. The summed E-state index contributed by atoms with van der Waals surface area (Å²) in [6, 6.07) is 13.3. The average molecular weight is 418 g/mol. The summed E-state index contributed by atoms with van der Waals surface area (Å²) in [5, 5.41) is 4.31. The third kappa shape index (κ3) is 5.78. The summed E-state index contributed by atoms with van der Waals surface area (Å²) < 4.78 is 10.5. The molecule has 0 aliphatic heterocycles. The highest BCUT2D eigenvalue weighted by Crippen LogP contribution is 2.23. The topological polar surface area (TPSA) is 68.5 Å². The van der Waals surface area contributed by atoms with Crippen LogP contribution in [0.3, 0.4) is 0 Å². The van der Waals surface area contributed by atoms with Crippen LogP contribution in [0.25, 0.3) is 11.0 Å². The van der Waals surface area contributed by atoms with E-state index in [9.17, 15) is 9.59 Å². The second kappa shape index (κ2) is 9.66. The number of halogens is 1. The number of furan rings is 1. The van der Waals surface area contributed by atoms with Crippen molar-refractivity contribution in [3.05, 3.63) is 64.9 Å². The number of esters is 1. The molecule has 0 aliphatic carbocycles. The molecule has 3 aromatic rings. The van der Waals surface area contributed by atoms with Crippen LogP contribution in [0.5, 0.6) is 0 Å². The second-order valence-corrected chi connectivity index (χ2v) is 7.86. The maximum Gasteiger partial charge on any atom is 0.310 e. The van der Waals surface area contributed by atoms with Crippen molar-refractivity contribution in [3.8, 4) is 0 Å². The third-order valence-electron chi connectivity index (χ3n) is 4.02. The van der Waals surface area contributed by atoms with Crippen molar-refractivity contribution >= 4 is 46.2 Å². The molecule has 7 heteroatoms. The fraction of sp³-hybridized carbons (Fsp3) is 0.238. The Morgan fingerprint density at radius 1 is 1.18 bits per heavy atom. The van der Waals surface area contributed by atoms with Crippen molar-refractivity contribution in [1.29, 1.82) is 0 Å². The van der Waals surface area contributed by atoms with Crippen molar-refractivity contribution < 1.29 is 18.7 Å². The molecule has 0 saturated heterocycles. The zero-order chi connectivity index (χ0) is 19.9. The molecule has 28 heavy (non-hydrogen) atoms. The lowest BCUT2D eigenvalue weighted by molar-refractivity contribution is -0.147. The summed E-state index contributed by atoms with van der Waals surface area (Å²) in [5.41, 5.74) is 2.57. The molecule has 1 amide bonds. The number of ether oxygens (including phenoxy) is 1. The minimum Gasteiger partial charge on any atom is -0.464 e. The number of thioether (sulfide) groups is 1. The van der Waals surface area contributed by atoms with Gasteiger partial charge in [0.1, 0.15) is 5.58 Å². The van der Waals surface area contributed by atoms with Gasteiger partial charge in [-0.25, -0.2) is 0 Å². The maximum atomic E-state index is 12.0. The van der Waals surface area contributed by atoms with Gasteiger partial charge in [0.2, 0.25) is 0 Å². The monoisotopic (exact) mass is 417 g/mol. The van der Waals surface area contributed by atoms with E-state index in [2.05, 4.69) is 5.32 Å². The Morgan fingerprint density at radius 2 is 1.96 bits per heavy atom. The highest BCUT2D eigenvalue weighted by atomic mass is 35.5. The second-order valence-electron chi connectivity index (χ2n) is 6.25. The predicted molar refractivity (Wildman–Crippen MR) is 111 cm³/mol. The highest BCUT2D eigenvalue weighted by Gasteiger charge is 2.13. The van der Waals surface area contributed by atoms with Gasteiger partial charge < -0.3 is 14.5 Å². The predicted octanol–water partition coefficient (Wildman–Crippen LogP) is 4.39. The quantitative estimate of drug-likeness (QED) is 0.334. The summed E-state index contributed by atoms with van der Waals surface area (Å²) in [7, 11) is 0. The van der Waals surface area contributed by atoms with Crippen LogP contribution in [-0.2, 0) is 20.7 Å². The first-order valence-electron chi connectivity index (χ1n) is 8.78. The molecule has 0 bridgehead atoms. The molecule has 5 nitrogen and oxygen atoms in total. The fourth-order valence-corrected chi connectivity index (χ4v) is 3.52. The summed E-state index contributed by atoms with van der Waals surface area (Å²) in [5.74, 6) is -0.0754. The molecule has 0 fully saturated rings. The molecule has 146 valence electrons. The Balaban J connectivity index is 1.36. The number of aryl methyl sites for hydroxylation is 1. The van der Waals surface area contributed by atoms with Crippen molar-refractivity contribution in [3.63, 3.8) is 0 Å². The van der Waals surface area contributed by atoms with E-state index in [-0.39, 0.29) is 18.9 Å². The molecule has 0 saturated carbocycles. The molecule has 1 aromatic heterocycles. The number of carbonyl (C=O) groups excluding carboxylic acids is 2. The average Bonchev–Trinajstić information content (AvgIpc) is 3.06. The highest BCUT2D eigenvalue weighted by molar-refractivity contribution is 7.99. The largest absolute Gasteiger partial charge is 0.464 e. The van der Waals surface area contributed by atoms with E-state index in [1.807, 2.05) is 49.4 Å². The third-order valence-corrected chi connectivity index (χ3v) is 5.28.